The van der Waals surface area contributed by atoms with E-state index in [2.05, 4.69) is 56.9 Å². The van der Waals surface area contributed by atoms with Gasteiger partial charge in [-0.3, -0.25) is 4.79 Å². The van der Waals surface area contributed by atoms with Crippen LogP contribution in [0.15, 0.2) is 53.7 Å². The van der Waals surface area contributed by atoms with Crippen LogP contribution in [-0.4, -0.2) is 55.9 Å². The van der Waals surface area contributed by atoms with Crippen LogP contribution in [0.3, 0.4) is 0 Å². The Morgan fingerprint density at radius 2 is 1.44 bits per heavy atom. The lowest BCUT2D eigenvalue weighted by Crippen LogP contribution is -2.36. The van der Waals surface area contributed by atoms with Crippen molar-refractivity contribution in [2.75, 3.05) is 6.54 Å². The summed E-state index contributed by atoms with van der Waals surface area (Å²) in [6.07, 6.45) is 1.77. The zero-order valence-electron chi connectivity index (χ0n) is 23.5. The van der Waals surface area contributed by atoms with Gasteiger partial charge in [-0.25, -0.2) is 17.9 Å². The summed E-state index contributed by atoms with van der Waals surface area (Å²) in [5, 5.41) is 9.30. The van der Waals surface area contributed by atoms with Gasteiger partial charge in [0.1, 0.15) is 17.9 Å². The van der Waals surface area contributed by atoms with Crippen LogP contribution in [0.2, 0.25) is 0 Å². The Hall–Kier alpha value is -3.24. The van der Waals surface area contributed by atoms with Crippen LogP contribution < -0.4 is 15.4 Å². The van der Waals surface area contributed by atoms with Crippen molar-refractivity contribution in [2.45, 2.75) is 77.8 Å². The average Bonchev–Trinajstić information content (AvgIpc) is 3.59. The van der Waals surface area contributed by atoms with Crippen LogP contribution in [0.1, 0.15) is 65.5 Å². The molecule has 39 heavy (non-hydrogen) atoms. The highest BCUT2D eigenvalue weighted by molar-refractivity contribution is 7.90. The first-order valence-electron chi connectivity index (χ1n) is 13.4. The van der Waals surface area contributed by atoms with E-state index in [-0.39, 0.29) is 41.2 Å². The summed E-state index contributed by atoms with van der Waals surface area (Å²) in [5.74, 6) is 0.0727. The second kappa shape index (κ2) is 13.2. The predicted octanol–water partition coefficient (Wildman–Crippen LogP) is 4.21. The topological polar surface area (TPSA) is 126 Å². The summed E-state index contributed by atoms with van der Waals surface area (Å²) >= 11 is 0. The fourth-order valence-corrected chi connectivity index (χ4v) is 5.69. The van der Waals surface area contributed by atoms with Gasteiger partial charge in [-0.05, 0) is 51.7 Å². The van der Waals surface area contributed by atoms with E-state index in [4.69, 9.17) is 4.84 Å². The number of benzene rings is 2. The van der Waals surface area contributed by atoms with Crippen LogP contribution in [0.25, 0.3) is 11.1 Å². The third-order valence-corrected chi connectivity index (χ3v) is 8.21. The number of ketones is 1. The minimum absolute atomic E-state index is 0.0137. The van der Waals surface area contributed by atoms with Crippen molar-refractivity contribution in [3.8, 4) is 11.1 Å². The summed E-state index contributed by atoms with van der Waals surface area (Å²) in [6, 6.07) is 16.1. The Morgan fingerprint density at radius 3 is 1.82 bits per heavy atom. The van der Waals surface area contributed by atoms with Gasteiger partial charge in [-0.2, -0.15) is 0 Å². The van der Waals surface area contributed by atoms with Gasteiger partial charge in [0.2, 0.25) is 10.0 Å². The molecule has 0 unspecified atom stereocenters. The van der Waals surface area contributed by atoms with Crippen molar-refractivity contribution < 1.29 is 22.8 Å². The van der Waals surface area contributed by atoms with Gasteiger partial charge >= 0.3 is 6.03 Å². The quantitative estimate of drug-likeness (QED) is 0.376. The van der Waals surface area contributed by atoms with Crippen LogP contribution >= 0.6 is 0 Å². The zero-order valence-corrected chi connectivity index (χ0v) is 24.3. The number of amides is 2. The lowest BCUT2D eigenvalue weighted by atomic mass is 10.0. The number of sulfonamides is 1. The molecule has 0 bridgehead atoms. The number of nitrogens with one attached hydrogen (secondary N) is 3. The van der Waals surface area contributed by atoms with Crippen LogP contribution in [-0.2, 0) is 19.7 Å². The Balaban J connectivity index is 0.000000173. The van der Waals surface area contributed by atoms with Gasteiger partial charge in [-0.1, -0.05) is 67.5 Å². The molecule has 9 nitrogen and oxygen atoms in total. The number of oxime groups is 1. The molecule has 3 aliphatic rings. The average molecular weight is 557 g/mol. The van der Waals surface area contributed by atoms with Gasteiger partial charge in [0.05, 0.1) is 5.25 Å². The fraction of sp³-hybridized carbons (Fsp3) is 0.483. The third kappa shape index (κ3) is 8.37. The summed E-state index contributed by atoms with van der Waals surface area (Å²) in [4.78, 5) is 27.3. The highest BCUT2D eigenvalue weighted by Crippen LogP contribution is 2.36. The Bertz CT molecular complexity index is 1250. The summed E-state index contributed by atoms with van der Waals surface area (Å²) in [5.41, 5.74) is 5.71. The molecule has 2 fully saturated rings. The van der Waals surface area contributed by atoms with Gasteiger partial charge in [0, 0.05) is 29.6 Å². The largest absolute Gasteiger partial charge is 0.393 e. The lowest BCUT2D eigenvalue weighted by molar-refractivity contribution is -0.123. The van der Waals surface area contributed by atoms with Crippen LogP contribution in [0.5, 0.6) is 0 Å². The van der Waals surface area contributed by atoms with Gasteiger partial charge < -0.3 is 15.5 Å². The van der Waals surface area contributed by atoms with E-state index in [0.717, 1.165) is 29.7 Å². The van der Waals surface area contributed by atoms with Crippen molar-refractivity contribution in [3.63, 3.8) is 0 Å². The number of fused-ring (bicyclic) bond motifs is 3. The smallest absolute Gasteiger partial charge is 0.315 e. The molecule has 1 saturated heterocycles. The Labute approximate surface area is 231 Å². The first-order chi connectivity index (χ1) is 18.4. The molecule has 3 N–H and O–H groups in total. The van der Waals surface area contributed by atoms with Crippen molar-refractivity contribution in [1.29, 1.82) is 0 Å². The number of carbonyl (C=O) groups excluding carboxylic acids is 2. The molecule has 5 rings (SSSR count). The maximum Gasteiger partial charge on any atom is 0.315 e. The second-order valence-corrected chi connectivity index (χ2v) is 12.7. The maximum atomic E-state index is 11.2. The fourth-order valence-electron chi connectivity index (χ4n) is 4.08. The molecule has 10 heteroatoms. The van der Waals surface area contributed by atoms with Gasteiger partial charge in [-0.15, -0.1) is 0 Å². The molecular formula is C29H40N4O5S. The standard InChI is InChI=1S/C16H15NO.C7H12N2O2.C6H13NO2S/c1-11(2)18-17-16-14-9-5-3-7-12(14)13-8-4-6-10-15(13)16;1-4(2)6(10)5-3-8-7(11)9-5;1-5(2)7-10(8,9)6-3-4-6/h3-11H,1-2H3;4-5H,3H2,1-2H3,(H2,8,9,11);5-7H,3-4H2,1-2H3/t;5-;/m.0./s1. The van der Waals surface area contributed by atoms with Crippen LogP contribution in [0.4, 0.5) is 4.79 Å². The molecule has 2 aromatic carbocycles. The first kappa shape index (κ1) is 30.3. The molecule has 1 heterocycles. The van der Waals surface area contributed by atoms with E-state index in [9.17, 15) is 18.0 Å². The van der Waals surface area contributed by atoms with E-state index in [0.29, 0.717) is 6.54 Å². The monoisotopic (exact) mass is 556 g/mol. The first-order valence-corrected chi connectivity index (χ1v) is 15.0. The number of urea groups is 1. The van der Waals surface area contributed by atoms with Crippen molar-refractivity contribution in [1.82, 2.24) is 15.4 Å². The maximum absolute atomic E-state index is 11.2. The highest BCUT2D eigenvalue weighted by atomic mass is 32.2. The molecule has 2 amide bonds. The Kier molecular flexibility index (Phi) is 10.3. The minimum atomic E-state index is -2.94. The number of carbonyl (C=O) groups is 2. The molecule has 0 aromatic heterocycles. The number of nitrogens with zero attached hydrogens (tertiary/aromatic N) is 1. The third-order valence-electron chi connectivity index (χ3n) is 6.06. The zero-order chi connectivity index (χ0) is 28.7. The summed E-state index contributed by atoms with van der Waals surface area (Å²) in [6.45, 7) is 11.7. The van der Waals surface area contributed by atoms with Crippen molar-refractivity contribution >= 4 is 27.5 Å². The number of hydrogen-bond donors (Lipinski definition) is 3. The summed E-state index contributed by atoms with van der Waals surface area (Å²) < 4.78 is 24.7. The van der Waals surface area contributed by atoms with E-state index < -0.39 is 10.0 Å². The lowest BCUT2D eigenvalue weighted by Gasteiger charge is -2.09. The molecule has 212 valence electrons. The van der Waals surface area contributed by atoms with Gasteiger partial charge in [0.25, 0.3) is 0 Å². The molecule has 0 spiro atoms. The van der Waals surface area contributed by atoms with E-state index in [1.54, 1.807) is 0 Å². The molecule has 1 saturated carbocycles. The second-order valence-electron chi connectivity index (χ2n) is 10.7. The summed E-state index contributed by atoms with van der Waals surface area (Å²) in [7, 11) is -2.94. The van der Waals surface area contributed by atoms with E-state index in [1.165, 1.54) is 11.1 Å². The number of rotatable bonds is 7. The SMILES string of the molecule is CC(C)C(=O)[C@@H]1CNC(=O)N1.CC(C)NS(=O)(=O)C1CC1.CC(C)ON=C1c2ccccc2-c2ccccc21. The van der Waals surface area contributed by atoms with Crippen molar-refractivity contribution in [3.05, 3.63) is 59.7 Å². The van der Waals surface area contributed by atoms with Crippen molar-refractivity contribution in [2.24, 2.45) is 11.1 Å². The molecule has 0 radical (unpaired) electrons. The predicted molar refractivity (Wildman–Crippen MR) is 154 cm³/mol. The molecule has 1 aliphatic heterocycles. The Morgan fingerprint density at radius 1 is 0.923 bits per heavy atom. The molecular weight excluding hydrogens is 516 g/mol. The molecule has 2 aliphatic carbocycles. The molecule has 1 atom stereocenters. The van der Waals surface area contributed by atoms with E-state index >= 15 is 0 Å². The normalized spacial score (nSPS) is 17.3. The molecule has 2 aromatic rings. The van der Waals surface area contributed by atoms with Crippen LogP contribution in [0, 0.1) is 5.92 Å². The minimum Gasteiger partial charge on any atom is -0.393 e. The van der Waals surface area contributed by atoms with E-state index in [1.807, 2.05) is 53.7 Å². The highest BCUT2D eigenvalue weighted by Gasteiger charge is 2.35. The van der Waals surface area contributed by atoms with Gasteiger partial charge in [0.15, 0.2) is 5.78 Å². The number of hydrogen-bond acceptors (Lipinski definition) is 6. The number of Topliss-reactive ketones (excluding diaryl/α,β-unsaturated/α-hetero) is 1.